The summed E-state index contributed by atoms with van der Waals surface area (Å²) >= 11 is 0. The number of hydrogen-bond acceptors (Lipinski definition) is 23. The normalized spacial score (nSPS) is 12.1. The first-order valence-electron chi connectivity index (χ1n) is 34.8. The van der Waals surface area contributed by atoms with Crippen molar-refractivity contribution in [2.24, 2.45) is 0 Å². The van der Waals surface area contributed by atoms with Crippen molar-refractivity contribution in [1.29, 1.82) is 0 Å². The third kappa shape index (κ3) is 21.7. The maximum Gasteiger partial charge on any atom is 0.154 e. The van der Waals surface area contributed by atoms with Gasteiger partial charge in [0.25, 0.3) is 0 Å². The van der Waals surface area contributed by atoms with E-state index < -0.39 is 70.7 Å². The zero-order valence-corrected chi connectivity index (χ0v) is 61.2. The summed E-state index contributed by atoms with van der Waals surface area (Å²) in [5, 5.41) is 53.2. The highest BCUT2D eigenvalue weighted by atomic mass is 19.2. The lowest BCUT2D eigenvalue weighted by molar-refractivity contribution is 0.565. The van der Waals surface area contributed by atoms with Crippen molar-refractivity contribution in [1.82, 2.24) is 90.6 Å². The summed E-state index contributed by atoms with van der Waals surface area (Å²) < 4.78 is 114. The van der Waals surface area contributed by atoms with Crippen LogP contribution < -0.4 is 42.5 Å². The first-order valence-corrected chi connectivity index (χ1v) is 34.8. The molecule has 15 rings (SSSR count). The molecule has 0 aliphatic rings. The standard InChI is InChI=1S/2C20H17F2N7.C19H16F2N6O.C19H22F2N6/c1-12(15-3-2-14(21)8-16(15)22)26-18-10-19(25-11-24-18)27-20-9-17(28-29-20)13-4-6-23-7-5-13;1-12(14-6-5-13(21)8-15(14)22)26-18-10-19(25-11-24-18)27-20-9-17(28-29-20)16-4-2-3-7-23-16;1-11(13-5-4-12(20)7-14(13)21)24-17-9-18(23-10-22-17)25-19-8-15(26-27-19)16-3-2-6-28-16;1-11(13-6-5-12(20)7-14(13)21)24-16-9-17(23-10-22-16)25-18-8-15(26-27-18)19(2,3)4/h2*2-12H,1H3,(H3,24,25,26,27,28,29);2-11H,1H3,(H3,22,23,24,25,26,27);5-11H,1-4H3,(H3,22,23,24,25,26,27). The molecule has 0 aliphatic heterocycles. The minimum atomic E-state index is -0.616. The topological polar surface area (TPSA) is 353 Å². The average molecular weight is 1540 g/mol. The summed E-state index contributed by atoms with van der Waals surface area (Å²) in [6.07, 6.45) is 12.2. The van der Waals surface area contributed by atoms with Crippen LogP contribution in [-0.2, 0) is 5.41 Å². The highest BCUT2D eigenvalue weighted by molar-refractivity contribution is 5.67. The number of aromatic nitrogens is 18. The molecule has 11 heterocycles. The molecule has 113 heavy (non-hydrogen) atoms. The fourth-order valence-corrected chi connectivity index (χ4v) is 11.0. The molecule has 35 heteroatoms. The van der Waals surface area contributed by atoms with E-state index in [0.717, 1.165) is 58.3 Å². The van der Waals surface area contributed by atoms with Crippen molar-refractivity contribution in [2.75, 3.05) is 42.5 Å². The van der Waals surface area contributed by atoms with Gasteiger partial charge in [0.2, 0.25) is 0 Å². The Balaban J connectivity index is 0.000000140. The second-order valence-electron chi connectivity index (χ2n) is 26.1. The van der Waals surface area contributed by atoms with E-state index in [2.05, 4.69) is 154 Å². The lowest BCUT2D eigenvalue weighted by atomic mass is 9.92. The number of hydrogen-bond donors (Lipinski definition) is 12. The fourth-order valence-electron chi connectivity index (χ4n) is 11.0. The van der Waals surface area contributed by atoms with Gasteiger partial charge >= 0.3 is 0 Å². The van der Waals surface area contributed by atoms with E-state index in [0.29, 0.717) is 97.8 Å². The van der Waals surface area contributed by atoms with Crippen LogP contribution in [0.15, 0.2) is 218 Å². The van der Waals surface area contributed by atoms with Gasteiger partial charge in [0, 0.05) is 130 Å². The number of pyridine rings is 2. The quantitative estimate of drug-likeness (QED) is 0.0265. The van der Waals surface area contributed by atoms with Crippen molar-refractivity contribution in [3.05, 3.63) is 288 Å². The van der Waals surface area contributed by atoms with Crippen molar-refractivity contribution in [3.8, 4) is 34.1 Å². The highest BCUT2D eigenvalue weighted by Crippen LogP contribution is 2.31. The summed E-state index contributed by atoms with van der Waals surface area (Å²) in [4.78, 5) is 41.5. The predicted octanol–water partition coefficient (Wildman–Crippen LogP) is 18.3. The number of H-pyrrole nitrogens is 4. The molecular formula is C78H72F8N26O. The van der Waals surface area contributed by atoms with E-state index in [1.165, 1.54) is 73.8 Å². The molecule has 4 unspecified atom stereocenters. The summed E-state index contributed by atoms with van der Waals surface area (Å²) in [5.74, 6) is 2.14. The third-order valence-electron chi connectivity index (χ3n) is 16.7. The van der Waals surface area contributed by atoms with Crippen LogP contribution in [-0.4, -0.2) is 90.6 Å². The monoisotopic (exact) mass is 1540 g/mol. The van der Waals surface area contributed by atoms with E-state index in [1.54, 1.807) is 88.9 Å². The van der Waals surface area contributed by atoms with Gasteiger partial charge in [0.1, 0.15) is 124 Å². The number of rotatable bonds is 23. The number of anilines is 12. The van der Waals surface area contributed by atoms with Gasteiger partial charge in [0.05, 0.1) is 47.5 Å². The molecule has 0 spiro atoms. The summed E-state index contributed by atoms with van der Waals surface area (Å²) in [6.45, 7) is 13.3. The maximum absolute atomic E-state index is 14.0. The Morgan fingerprint density at radius 2 is 0.681 bits per heavy atom. The second kappa shape index (κ2) is 36.1. The van der Waals surface area contributed by atoms with Crippen LogP contribution >= 0.6 is 0 Å². The number of nitrogens with zero attached hydrogens (tertiary/aromatic N) is 14. The number of halogens is 8. The molecule has 27 nitrogen and oxygen atoms in total. The van der Waals surface area contributed by atoms with Crippen molar-refractivity contribution in [2.45, 2.75) is 78.0 Å². The Bertz CT molecular complexity index is 5430. The van der Waals surface area contributed by atoms with Gasteiger partial charge in [-0.3, -0.25) is 30.4 Å². The van der Waals surface area contributed by atoms with Crippen molar-refractivity contribution < 1.29 is 39.5 Å². The van der Waals surface area contributed by atoms with Gasteiger partial charge in [-0.1, -0.05) is 51.1 Å². The van der Waals surface area contributed by atoms with Crippen LogP contribution in [0, 0.1) is 46.5 Å². The number of furan rings is 1. The minimum Gasteiger partial charge on any atom is -0.463 e. The van der Waals surface area contributed by atoms with Crippen LogP contribution in [0.2, 0.25) is 0 Å². The minimum absolute atomic E-state index is 0.0417. The fraction of sp³-hybridized carbons (Fsp3) is 0.154. The smallest absolute Gasteiger partial charge is 0.154 e. The Morgan fingerprint density at radius 1 is 0.327 bits per heavy atom. The predicted molar refractivity (Wildman–Crippen MR) is 412 cm³/mol. The molecule has 0 aliphatic carbocycles. The molecule has 576 valence electrons. The molecule has 0 fully saturated rings. The first-order chi connectivity index (χ1) is 54.5. The van der Waals surface area contributed by atoms with Crippen LogP contribution in [0.1, 0.15) is 101 Å². The average Bonchev–Trinajstić information content (AvgIpc) is 1.81. The van der Waals surface area contributed by atoms with Gasteiger partial charge in [-0.2, -0.15) is 20.4 Å². The van der Waals surface area contributed by atoms with Crippen molar-refractivity contribution in [3.63, 3.8) is 0 Å². The maximum atomic E-state index is 14.0. The lowest BCUT2D eigenvalue weighted by Gasteiger charge is -2.16. The molecule has 12 N–H and O–H groups in total. The van der Waals surface area contributed by atoms with Crippen LogP contribution in [0.5, 0.6) is 0 Å². The van der Waals surface area contributed by atoms with Gasteiger partial charge < -0.3 is 47.0 Å². The van der Waals surface area contributed by atoms with Crippen LogP contribution in [0.4, 0.5) is 105 Å². The van der Waals surface area contributed by atoms with E-state index >= 15 is 0 Å². The van der Waals surface area contributed by atoms with Gasteiger partial charge in [-0.25, -0.2) is 75.0 Å². The zero-order valence-electron chi connectivity index (χ0n) is 61.2. The van der Waals surface area contributed by atoms with E-state index in [9.17, 15) is 35.1 Å². The Morgan fingerprint density at radius 3 is 1.04 bits per heavy atom. The largest absolute Gasteiger partial charge is 0.463 e. The molecule has 4 aromatic carbocycles. The number of benzene rings is 4. The van der Waals surface area contributed by atoms with Gasteiger partial charge in [-0.05, 0) is 88.4 Å². The molecule has 11 aromatic heterocycles. The van der Waals surface area contributed by atoms with E-state index in [1.807, 2.05) is 54.6 Å². The molecule has 4 atom stereocenters. The molecule has 15 aromatic rings. The highest BCUT2D eigenvalue weighted by Gasteiger charge is 2.21. The molecule has 0 bridgehead atoms. The molecular weight excluding hydrogens is 1470 g/mol. The molecule has 0 saturated heterocycles. The SMILES string of the molecule is CC(Nc1cc(Nc2cc(-c3ccccn3)[nH]n2)ncn1)c1ccc(F)cc1F.CC(Nc1cc(Nc2cc(-c3ccco3)[nH]n2)ncn1)c1ccc(F)cc1F.CC(Nc1cc(Nc2cc(-c3ccncc3)[nH]n2)ncn1)c1ccc(F)cc1F.CC(Nc1cc(Nc2cc(C(C)(C)C)[nH]n2)ncn1)c1ccc(F)cc1F. The summed E-state index contributed by atoms with van der Waals surface area (Å²) in [7, 11) is 0. The van der Waals surface area contributed by atoms with Gasteiger partial charge in [0.15, 0.2) is 29.0 Å². The second-order valence-corrected chi connectivity index (χ2v) is 26.1. The van der Waals surface area contributed by atoms with Crippen LogP contribution in [0.25, 0.3) is 34.1 Å². The van der Waals surface area contributed by atoms with Gasteiger partial charge in [-0.15, -0.1) is 0 Å². The summed E-state index contributed by atoms with van der Waals surface area (Å²) in [6, 6.07) is 39.4. The zero-order chi connectivity index (χ0) is 79.5. The molecule has 0 amide bonds. The Hall–Kier alpha value is -14.5. The molecule has 0 radical (unpaired) electrons. The first kappa shape index (κ1) is 78.1. The summed E-state index contributed by atoms with van der Waals surface area (Å²) in [5.41, 5.74) is 6.38. The number of nitrogens with one attached hydrogen (secondary N) is 12. The van der Waals surface area contributed by atoms with Crippen LogP contribution in [0.3, 0.4) is 0 Å². The lowest BCUT2D eigenvalue weighted by Crippen LogP contribution is -2.11. The van der Waals surface area contributed by atoms with E-state index in [-0.39, 0.29) is 5.41 Å². The molecule has 0 saturated carbocycles. The van der Waals surface area contributed by atoms with Crippen molar-refractivity contribution >= 4 is 69.8 Å². The number of aromatic amines is 4. The Labute approximate surface area is 640 Å². The third-order valence-corrected chi connectivity index (χ3v) is 16.7. The Kier molecular flexibility index (Phi) is 24.9. The van der Waals surface area contributed by atoms with E-state index in [4.69, 9.17) is 4.42 Å².